The van der Waals surface area contributed by atoms with Crippen molar-refractivity contribution in [3.8, 4) is 17.6 Å². The van der Waals surface area contributed by atoms with Crippen molar-refractivity contribution in [1.29, 1.82) is 5.26 Å². The van der Waals surface area contributed by atoms with Crippen LogP contribution in [0, 0.1) is 24.1 Å². The van der Waals surface area contributed by atoms with Crippen molar-refractivity contribution in [3.63, 3.8) is 0 Å². The molecule has 0 saturated heterocycles. The van der Waals surface area contributed by atoms with Gasteiger partial charge in [0.05, 0.1) is 11.5 Å². The molecule has 0 aromatic heterocycles. The van der Waals surface area contributed by atoms with E-state index in [1.807, 2.05) is 0 Å². The van der Waals surface area contributed by atoms with E-state index in [4.69, 9.17) is 5.26 Å². The van der Waals surface area contributed by atoms with E-state index >= 15 is 0 Å². The van der Waals surface area contributed by atoms with Crippen LogP contribution in [0.3, 0.4) is 0 Å². The van der Waals surface area contributed by atoms with Crippen molar-refractivity contribution in [3.05, 3.63) is 23.0 Å². The number of phenolic OH excluding ortho intramolecular Hbond substituents is 2. The third kappa shape index (κ3) is 1.23. The molecule has 3 nitrogen and oxygen atoms in total. The second-order valence-corrected chi connectivity index (χ2v) is 3.95. The minimum atomic E-state index is -1.04. The van der Waals surface area contributed by atoms with Gasteiger partial charge in [-0.3, -0.25) is 0 Å². The van der Waals surface area contributed by atoms with Crippen molar-refractivity contribution in [2.24, 2.45) is 0 Å². The first-order valence-electron chi connectivity index (χ1n) is 4.64. The van der Waals surface area contributed by atoms with Gasteiger partial charge in [0.2, 0.25) is 5.82 Å². The summed E-state index contributed by atoms with van der Waals surface area (Å²) >= 11 is 0. The highest BCUT2D eigenvalue weighted by atomic mass is 19.1. The van der Waals surface area contributed by atoms with Crippen LogP contribution in [0.2, 0.25) is 0 Å². The number of hydrogen-bond donors (Lipinski definition) is 2. The average Bonchev–Trinajstić information content (AvgIpc) is 3.01. The molecule has 0 aliphatic heterocycles. The molecule has 4 heteroatoms. The van der Waals surface area contributed by atoms with Gasteiger partial charge in [0, 0.05) is 5.56 Å². The zero-order valence-electron chi connectivity index (χ0n) is 8.21. The molecule has 1 aromatic rings. The molecule has 0 unspecified atom stereocenters. The summed E-state index contributed by atoms with van der Waals surface area (Å²) in [5, 5.41) is 27.7. The summed E-state index contributed by atoms with van der Waals surface area (Å²) in [5.74, 6) is -2.19. The quantitative estimate of drug-likeness (QED) is 0.741. The van der Waals surface area contributed by atoms with Crippen molar-refractivity contribution in [2.75, 3.05) is 0 Å². The summed E-state index contributed by atoms with van der Waals surface area (Å²) in [5.41, 5.74) is -0.122. The number of benzene rings is 1. The molecule has 1 aromatic carbocycles. The van der Waals surface area contributed by atoms with Crippen LogP contribution in [0.15, 0.2) is 6.07 Å². The number of aryl methyl sites for hydroxylation is 1. The molecule has 78 valence electrons. The molecule has 2 rings (SSSR count). The Morgan fingerprint density at radius 2 is 2.00 bits per heavy atom. The molecule has 0 amide bonds. The number of phenols is 2. The maximum absolute atomic E-state index is 13.3. The SMILES string of the molecule is Cc1cc(C2(C#N)CC2)c(O)c(F)c1O. The molecular formula is C11H10FNO2. The van der Waals surface area contributed by atoms with Gasteiger partial charge < -0.3 is 10.2 Å². The molecule has 0 heterocycles. The van der Waals surface area contributed by atoms with Gasteiger partial charge >= 0.3 is 0 Å². The van der Waals surface area contributed by atoms with Gasteiger partial charge in [-0.25, -0.2) is 0 Å². The van der Waals surface area contributed by atoms with Crippen LogP contribution in [0.1, 0.15) is 24.0 Å². The topological polar surface area (TPSA) is 64.2 Å². The first kappa shape index (κ1) is 9.78. The van der Waals surface area contributed by atoms with E-state index in [0.717, 1.165) is 0 Å². The zero-order valence-corrected chi connectivity index (χ0v) is 8.21. The highest BCUT2D eigenvalue weighted by molar-refractivity contribution is 5.54. The summed E-state index contributed by atoms with van der Waals surface area (Å²) in [6, 6.07) is 3.55. The van der Waals surface area contributed by atoms with E-state index in [2.05, 4.69) is 6.07 Å². The number of nitrogens with zero attached hydrogens (tertiary/aromatic N) is 1. The molecule has 0 atom stereocenters. The Bertz CT molecular complexity index is 472. The Morgan fingerprint density at radius 1 is 1.40 bits per heavy atom. The Labute approximate surface area is 86.4 Å². The molecule has 0 spiro atoms. The summed E-state index contributed by atoms with van der Waals surface area (Å²) < 4.78 is 13.3. The largest absolute Gasteiger partial charge is 0.505 e. The predicted octanol–water partition coefficient (Wildman–Crippen LogP) is 2.10. The van der Waals surface area contributed by atoms with Gasteiger partial charge in [-0.05, 0) is 31.4 Å². The lowest BCUT2D eigenvalue weighted by atomic mass is 9.94. The van der Waals surface area contributed by atoms with Gasteiger partial charge in [0.1, 0.15) is 0 Å². The van der Waals surface area contributed by atoms with E-state index in [9.17, 15) is 14.6 Å². The minimum absolute atomic E-state index is 0.290. The summed E-state index contributed by atoms with van der Waals surface area (Å²) in [7, 11) is 0. The van der Waals surface area contributed by atoms with Crippen LogP contribution in [-0.4, -0.2) is 10.2 Å². The van der Waals surface area contributed by atoms with Crippen LogP contribution in [0.4, 0.5) is 4.39 Å². The van der Waals surface area contributed by atoms with Crippen molar-refractivity contribution in [1.82, 2.24) is 0 Å². The van der Waals surface area contributed by atoms with E-state index in [0.29, 0.717) is 18.4 Å². The molecular weight excluding hydrogens is 197 g/mol. The van der Waals surface area contributed by atoms with Crippen molar-refractivity contribution in [2.45, 2.75) is 25.2 Å². The Balaban J connectivity index is 2.65. The van der Waals surface area contributed by atoms with Crippen LogP contribution >= 0.6 is 0 Å². The molecule has 0 radical (unpaired) electrons. The maximum atomic E-state index is 13.3. The second-order valence-electron chi connectivity index (χ2n) is 3.95. The lowest BCUT2D eigenvalue weighted by molar-refractivity contribution is 0.381. The van der Waals surface area contributed by atoms with Crippen LogP contribution in [0.25, 0.3) is 0 Å². The molecule has 2 N–H and O–H groups in total. The standard InChI is InChI=1S/C11H10FNO2/c1-6-4-7(11(5-13)2-3-11)10(15)8(12)9(6)14/h4,14-15H,2-3H2,1H3. The van der Waals surface area contributed by atoms with Crippen LogP contribution < -0.4 is 0 Å². The summed E-state index contributed by atoms with van der Waals surface area (Å²) in [4.78, 5) is 0. The third-order valence-electron chi connectivity index (χ3n) is 2.88. The first-order valence-corrected chi connectivity index (χ1v) is 4.64. The lowest BCUT2D eigenvalue weighted by Gasteiger charge is -2.12. The van der Waals surface area contributed by atoms with Gasteiger partial charge in [-0.2, -0.15) is 9.65 Å². The molecule has 1 fully saturated rings. The van der Waals surface area contributed by atoms with E-state index in [1.165, 1.54) is 13.0 Å². The van der Waals surface area contributed by atoms with Gasteiger partial charge in [-0.1, -0.05) is 0 Å². The Morgan fingerprint density at radius 3 is 2.47 bits per heavy atom. The molecule has 15 heavy (non-hydrogen) atoms. The molecule has 1 aliphatic rings. The normalized spacial score (nSPS) is 17.1. The highest BCUT2D eigenvalue weighted by Gasteiger charge is 2.47. The minimum Gasteiger partial charge on any atom is -0.505 e. The van der Waals surface area contributed by atoms with Crippen LogP contribution in [-0.2, 0) is 5.41 Å². The lowest BCUT2D eigenvalue weighted by Crippen LogP contribution is -2.04. The molecule has 1 aliphatic carbocycles. The monoisotopic (exact) mass is 207 g/mol. The summed E-state index contributed by atoms with van der Waals surface area (Å²) in [6.07, 6.45) is 1.25. The first-order chi connectivity index (χ1) is 7.02. The van der Waals surface area contributed by atoms with E-state index in [-0.39, 0.29) is 5.56 Å². The van der Waals surface area contributed by atoms with E-state index < -0.39 is 22.7 Å². The summed E-state index contributed by atoms with van der Waals surface area (Å²) in [6.45, 7) is 1.54. The fourth-order valence-corrected chi connectivity index (χ4v) is 1.69. The van der Waals surface area contributed by atoms with Gasteiger partial charge in [-0.15, -0.1) is 0 Å². The van der Waals surface area contributed by atoms with Gasteiger partial charge in [0.15, 0.2) is 11.5 Å². The third-order valence-corrected chi connectivity index (χ3v) is 2.88. The van der Waals surface area contributed by atoms with Crippen molar-refractivity contribution < 1.29 is 14.6 Å². The fraction of sp³-hybridized carbons (Fsp3) is 0.364. The number of nitriles is 1. The van der Waals surface area contributed by atoms with Gasteiger partial charge in [0.25, 0.3) is 0 Å². The second kappa shape index (κ2) is 2.86. The zero-order chi connectivity index (χ0) is 11.2. The molecule has 1 saturated carbocycles. The molecule has 0 bridgehead atoms. The fourth-order valence-electron chi connectivity index (χ4n) is 1.69. The number of rotatable bonds is 1. The predicted molar refractivity (Wildman–Crippen MR) is 51.0 cm³/mol. The number of aromatic hydroxyl groups is 2. The smallest absolute Gasteiger partial charge is 0.206 e. The number of halogens is 1. The van der Waals surface area contributed by atoms with Crippen LogP contribution in [0.5, 0.6) is 11.5 Å². The maximum Gasteiger partial charge on any atom is 0.206 e. The Kier molecular flexibility index (Phi) is 1.87. The number of hydrogen-bond acceptors (Lipinski definition) is 3. The van der Waals surface area contributed by atoms with E-state index in [1.54, 1.807) is 0 Å². The van der Waals surface area contributed by atoms with Crippen molar-refractivity contribution >= 4 is 0 Å². The average molecular weight is 207 g/mol. The Hall–Kier alpha value is -1.76. The highest BCUT2D eigenvalue weighted by Crippen LogP contribution is 2.52.